The Labute approximate surface area is 113 Å². The predicted molar refractivity (Wildman–Crippen MR) is 76.1 cm³/mol. The molecular weight excluding hydrogens is 238 g/mol. The molecule has 1 aromatic heterocycles. The van der Waals surface area contributed by atoms with Crippen molar-refractivity contribution in [2.75, 3.05) is 25.0 Å². The van der Waals surface area contributed by atoms with Gasteiger partial charge in [-0.1, -0.05) is 19.1 Å². The zero-order valence-corrected chi connectivity index (χ0v) is 11.2. The van der Waals surface area contributed by atoms with Gasteiger partial charge in [0.05, 0.1) is 5.52 Å². The van der Waals surface area contributed by atoms with Crippen LogP contribution in [-0.2, 0) is 0 Å². The molecule has 1 atom stereocenters. The zero-order valence-electron chi connectivity index (χ0n) is 11.2. The first-order valence-electron chi connectivity index (χ1n) is 6.93. The molecule has 1 aliphatic heterocycles. The number of hydrogen-bond donors (Lipinski definition) is 1. The van der Waals surface area contributed by atoms with Gasteiger partial charge in [0.2, 0.25) is 5.95 Å². The zero-order chi connectivity index (χ0) is 13.1. The van der Waals surface area contributed by atoms with Crippen molar-refractivity contribution in [3.05, 3.63) is 24.3 Å². The lowest BCUT2D eigenvalue weighted by Gasteiger charge is -2.32. The van der Waals surface area contributed by atoms with Crippen LogP contribution in [0.15, 0.2) is 24.3 Å². The van der Waals surface area contributed by atoms with Crippen molar-refractivity contribution in [2.45, 2.75) is 25.8 Å². The molecule has 2 heterocycles. The Hall–Kier alpha value is -1.75. The van der Waals surface area contributed by atoms with Crippen molar-refractivity contribution < 1.29 is 0 Å². The van der Waals surface area contributed by atoms with E-state index in [9.17, 15) is 0 Å². The molecule has 0 aliphatic carbocycles. The van der Waals surface area contributed by atoms with Crippen molar-refractivity contribution >= 4 is 17.0 Å². The van der Waals surface area contributed by atoms with Crippen molar-refractivity contribution in [2.24, 2.45) is 0 Å². The van der Waals surface area contributed by atoms with Crippen LogP contribution >= 0.6 is 0 Å². The molecule has 0 bridgehead atoms. The largest absolute Gasteiger partial charge is 0.349 e. The van der Waals surface area contributed by atoms with Crippen LogP contribution in [0.2, 0.25) is 0 Å². The quantitative estimate of drug-likeness (QED) is 0.910. The Morgan fingerprint density at radius 1 is 1.26 bits per heavy atom. The van der Waals surface area contributed by atoms with Gasteiger partial charge in [0.1, 0.15) is 5.52 Å². The second kappa shape index (κ2) is 5.48. The van der Waals surface area contributed by atoms with E-state index in [1.165, 1.54) is 19.4 Å². The van der Waals surface area contributed by atoms with Crippen LogP contribution in [0, 0.1) is 0 Å². The summed E-state index contributed by atoms with van der Waals surface area (Å²) in [5, 5.41) is 11.8. The summed E-state index contributed by atoms with van der Waals surface area (Å²) in [5.41, 5.74) is 1.73. The minimum Gasteiger partial charge on any atom is -0.349 e. The number of anilines is 1. The highest BCUT2D eigenvalue weighted by molar-refractivity contribution is 5.74. The summed E-state index contributed by atoms with van der Waals surface area (Å²) in [7, 11) is 0. The molecule has 19 heavy (non-hydrogen) atoms. The number of piperidine rings is 1. The summed E-state index contributed by atoms with van der Waals surface area (Å²) in [4.78, 5) is 6.97. The Kier molecular flexibility index (Phi) is 3.55. The van der Waals surface area contributed by atoms with E-state index in [1.807, 2.05) is 24.3 Å². The molecule has 1 unspecified atom stereocenters. The van der Waals surface area contributed by atoms with Gasteiger partial charge >= 0.3 is 0 Å². The van der Waals surface area contributed by atoms with Crippen LogP contribution in [0.5, 0.6) is 0 Å². The summed E-state index contributed by atoms with van der Waals surface area (Å²) in [6.07, 6.45) is 2.40. The van der Waals surface area contributed by atoms with E-state index in [-0.39, 0.29) is 0 Å². The van der Waals surface area contributed by atoms with E-state index < -0.39 is 0 Å². The SMILES string of the molecule is CCN1CCCC(Nc2nnc3ccccc3n2)C1. The summed E-state index contributed by atoms with van der Waals surface area (Å²) in [5.74, 6) is 0.640. The Morgan fingerprint density at radius 2 is 2.11 bits per heavy atom. The number of para-hydroxylation sites is 1. The molecule has 0 amide bonds. The third-order valence-electron chi connectivity index (χ3n) is 3.65. The van der Waals surface area contributed by atoms with E-state index in [1.54, 1.807) is 0 Å². The molecule has 3 rings (SSSR count). The van der Waals surface area contributed by atoms with E-state index >= 15 is 0 Å². The number of likely N-dealkylation sites (N-methyl/N-ethyl adjacent to an activating group) is 1. The number of rotatable bonds is 3. The molecule has 0 saturated carbocycles. The lowest BCUT2D eigenvalue weighted by molar-refractivity contribution is 0.226. The van der Waals surface area contributed by atoms with Gasteiger partial charge in [-0.3, -0.25) is 0 Å². The minimum atomic E-state index is 0.427. The highest BCUT2D eigenvalue weighted by Crippen LogP contribution is 2.14. The van der Waals surface area contributed by atoms with Crippen molar-refractivity contribution in [3.8, 4) is 0 Å². The molecule has 1 aromatic carbocycles. The molecule has 0 spiro atoms. The van der Waals surface area contributed by atoms with E-state index in [4.69, 9.17) is 0 Å². The van der Waals surface area contributed by atoms with Crippen LogP contribution in [0.1, 0.15) is 19.8 Å². The van der Waals surface area contributed by atoms with Gasteiger partial charge < -0.3 is 10.2 Å². The van der Waals surface area contributed by atoms with Crippen LogP contribution in [0.4, 0.5) is 5.95 Å². The highest BCUT2D eigenvalue weighted by atomic mass is 15.3. The summed E-state index contributed by atoms with van der Waals surface area (Å²) in [6.45, 7) is 5.57. The van der Waals surface area contributed by atoms with Crippen molar-refractivity contribution in [1.29, 1.82) is 0 Å². The first-order valence-corrected chi connectivity index (χ1v) is 6.93. The maximum atomic E-state index is 4.52. The number of fused-ring (bicyclic) bond motifs is 1. The highest BCUT2D eigenvalue weighted by Gasteiger charge is 2.19. The molecule has 5 nitrogen and oxygen atoms in total. The number of benzene rings is 1. The van der Waals surface area contributed by atoms with Crippen LogP contribution in [0.3, 0.4) is 0 Å². The van der Waals surface area contributed by atoms with E-state index in [0.717, 1.165) is 24.1 Å². The Morgan fingerprint density at radius 3 is 2.95 bits per heavy atom. The molecule has 1 aliphatic rings. The minimum absolute atomic E-state index is 0.427. The average molecular weight is 257 g/mol. The van der Waals surface area contributed by atoms with E-state index in [0.29, 0.717) is 12.0 Å². The molecular formula is C14H19N5. The second-order valence-corrected chi connectivity index (χ2v) is 5.00. The Balaban J connectivity index is 1.74. The summed E-state index contributed by atoms with van der Waals surface area (Å²) < 4.78 is 0. The second-order valence-electron chi connectivity index (χ2n) is 5.00. The third kappa shape index (κ3) is 2.81. The van der Waals surface area contributed by atoms with Crippen LogP contribution in [0.25, 0.3) is 11.0 Å². The maximum absolute atomic E-state index is 4.52. The van der Waals surface area contributed by atoms with E-state index in [2.05, 4.69) is 32.3 Å². The molecule has 1 N–H and O–H groups in total. The standard InChI is InChI=1S/C14H19N5/c1-2-19-9-5-6-11(10-19)15-14-16-12-7-3-4-8-13(12)17-18-14/h3-4,7-8,11H,2,5-6,9-10H2,1H3,(H,15,16,18). The molecule has 5 heteroatoms. The van der Waals surface area contributed by atoms with Crippen molar-refractivity contribution in [3.63, 3.8) is 0 Å². The Bertz CT molecular complexity index is 556. The van der Waals surface area contributed by atoms with Crippen LogP contribution in [-0.4, -0.2) is 45.8 Å². The maximum Gasteiger partial charge on any atom is 0.243 e. The van der Waals surface area contributed by atoms with Crippen LogP contribution < -0.4 is 5.32 Å². The normalized spacial score (nSPS) is 20.6. The molecule has 2 aromatic rings. The number of likely N-dealkylation sites (tertiary alicyclic amines) is 1. The predicted octanol–water partition coefficient (Wildman–Crippen LogP) is 1.92. The smallest absolute Gasteiger partial charge is 0.243 e. The first kappa shape index (κ1) is 12.3. The lowest BCUT2D eigenvalue weighted by atomic mass is 10.1. The van der Waals surface area contributed by atoms with Gasteiger partial charge in [-0.15, -0.1) is 10.2 Å². The molecule has 1 saturated heterocycles. The number of nitrogens with zero attached hydrogens (tertiary/aromatic N) is 4. The van der Waals surface area contributed by atoms with Crippen molar-refractivity contribution in [1.82, 2.24) is 20.1 Å². The number of nitrogens with one attached hydrogen (secondary N) is 1. The fourth-order valence-electron chi connectivity index (χ4n) is 2.59. The molecule has 1 fully saturated rings. The number of hydrogen-bond acceptors (Lipinski definition) is 5. The average Bonchev–Trinajstić information content (AvgIpc) is 2.47. The fraction of sp³-hybridized carbons (Fsp3) is 0.500. The fourth-order valence-corrected chi connectivity index (χ4v) is 2.59. The topological polar surface area (TPSA) is 53.9 Å². The summed E-state index contributed by atoms with van der Waals surface area (Å²) >= 11 is 0. The third-order valence-corrected chi connectivity index (χ3v) is 3.65. The number of aromatic nitrogens is 3. The first-order chi connectivity index (χ1) is 9.35. The van der Waals surface area contributed by atoms with Gasteiger partial charge in [-0.05, 0) is 38.1 Å². The van der Waals surface area contributed by atoms with Gasteiger partial charge in [0.15, 0.2) is 0 Å². The van der Waals surface area contributed by atoms with Gasteiger partial charge in [0, 0.05) is 12.6 Å². The molecule has 100 valence electrons. The summed E-state index contributed by atoms with van der Waals surface area (Å²) in [6, 6.07) is 8.25. The lowest BCUT2D eigenvalue weighted by Crippen LogP contribution is -2.42. The van der Waals surface area contributed by atoms with Gasteiger partial charge in [-0.25, -0.2) is 4.98 Å². The molecule has 0 radical (unpaired) electrons. The monoisotopic (exact) mass is 257 g/mol. The van der Waals surface area contributed by atoms with Gasteiger partial charge in [-0.2, -0.15) is 0 Å². The van der Waals surface area contributed by atoms with Gasteiger partial charge in [0.25, 0.3) is 0 Å².